The molecule has 0 saturated heterocycles. The maximum absolute atomic E-state index is 5.89. The van der Waals surface area contributed by atoms with Crippen molar-refractivity contribution in [2.75, 3.05) is 0 Å². The topological polar surface area (TPSA) is 21.6 Å². The Morgan fingerprint density at radius 2 is 1.72 bits per heavy atom. The van der Waals surface area contributed by atoms with Crippen LogP contribution in [0.4, 0.5) is 5.69 Å². The molecular formula is C16H15NO. The second kappa shape index (κ2) is 4.30. The zero-order valence-corrected chi connectivity index (χ0v) is 10.6. The first-order valence-electron chi connectivity index (χ1n) is 6.15. The molecule has 1 heterocycles. The Labute approximate surface area is 107 Å². The van der Waals surface area contributed by atoms with Gasteiger partial charge in [0.05, 0.1) is 5.69 Å². The van der Waals surface area contributed by atoms with Gasteiger partial charge in [-0.05, 0) is 32.0 Å². The average Bonchev–Trinajstić information content (AvgIpc) is 2.39. The van der Waals surface area contributed by atoms with Gasteiger partial charge in [0.1, 0.15) is 6.10 Å². The number of aliphatic imine (C=N–C) groups is 1. The van der Waals surface area contributed by atoms with E-state index in [-0.39, 0.29) is 6.10 Å². The van der Waals surface area contributed by atoms with E-state index < -0.39 is 0 Å². The third kappa shape index (κ3) is 1.90. The molecule has 2 nitrogen and oxygen atoms in total. The van der Waals surface area contributed by atoms with Crippen molar-refractivity contribution in [3.63, 3.8) is 0 Å². The molecule has 2 aromatic carbocycles. The molecule has 0 saturated carbocycles. The number of nitrogens with zero attached hydrogens (tertiary/aromatic N) is 1. The highest BCUT2D eigenvalue weighted by Gasteiger charge is 2.20. The van der Waals surface area contributed by atoms with E-state index in [2.05, 4.69) is 49.2 Å². The molecule has 0 N–H and O–H groups in total. The highest BCUT2D eigenvalue weighted by molar-refractivity contribution is 5.97. The van der Waals surface area contributed by atoms with Crippen LogP contribution >= 0.6 is 0 Å². The SMILES string of the molecule is Cc1ccc(C2=Nc3ccccc3C(C)O2)cc1. The van der Waals surface area contributed by atoms with E-state index in [9.17, 15) is 0 Å². The zero-order chi connectivity index (χ0) is 12.5. The van der Waals surface area contributed by atoms with Crippen molar-refractivity contribution in [2.45, 2.75) is 20.0 Å². The number of ether oxygens (including phenoxy) is 1. The summed E-state index contributed by atoms with van der Waals surface area (Å²) < 4.78 is 5.89. The van der Waals surface area contributed by atoms with Crippen molar-refractivity contribution in [3.05, 3.63) is 65.2 Å². The summed E-state index contributed by atoms with van der Waals surface area (Å²) in [5.41, 5.74) is 4.42. The summed E-state index contributed by atoms with van der Waals surface area (Å²) in [4.78, 5) is 4.59. The summed E-state index contributed by atoms with van der Waals surface area (Å²) in [5.74, 6) is 0.709. The van der Waals surface area contributed by atoms with Gasteiger partial charge in [-0.3, -0.25) is 0 Å². The van der Waals surface area contributed by atoms with Gasteiger partial charge in [0.15, 0.2) is 0 Å². The lowest BCUT2D eigenvalue weighted by molar-refractivity contribution is 0.209. The van der Waals surface area contributed by atoms with E-state index in [0.717, 1.165) is 16.8 Å². The Balaban J connectivity index is 2.05. The molecule has 2 aromatic rings. The molecule has 2 heteroatoms. The lowest BCUT2D eigenvalue weighted by Gasteiger charge is -2.23. The van der Waals surface area contributed by atoms with Crippen molar-refractivity contribution < 1.29 is 4.74 Å². The summed E-state index contributed by atoms with van der Waals surface area (Å²) in [6.45, 7) is 4.13. The summed E-state index contributed by atoms with van der Waals surface area (Å²) in [7, 11) is 0. The first kappa shape index (κ1) is 11.0. The minimum Gasteiger partial charge on any atom is -0.469 e. The molecule has 0 amide bonds. The molecule has 1 atom stereocenters. The number of hydrogen-bond donors (Lipinski definition) is 0. The van der Waals surface area contributed by atoms with Crippen molar-refractivity contribution in [3.8, 4) is 0 Å². The van der Waals surface area contributed by atoms with Crippen LogP contribution in [0.25, 0.3) is 0 Å². The van der Waals surface area contributed by atoms with E-state index in [1.165, 1.54) is 5.56 Å². The monoisotopic (exact) mass is 237 g/mol. The maximum atomic E-state index is 5.89. The average molecular weight is 237 g/mol. The normalized spacial score (nSPS) is 17.7. The minimum atomic E-state index is 0.0509. The van der Waals surface area contributed by atoms with Crippen LogP contribution in [-0.4, -0.2) is 5.90 Å². The fourth-order valence-corrected chi connectivity index (χ4v) is 2.13. The number of aryl methyl sites for hydroxylation is 1. The van der Waals surface area contributed by atoms with Crippen LogP contribution in [0.1, 0.15) is 29.7 Å². The quantitative estimate of drug-likeness (QED) is 0.729. The Bertz CT molecular complexity index is 599. The smallest absolute Gasteiger partial charge is 0.221 e. The molecule has 18 heavy (non-hydrogen) atoms. The molecular weight excluding hydrogens is 222 g/mol. The van der Waals surface area contributed by atoms with Crippen LogP contribution in [0, 0.1) is 6.92 Å². The standard InChI is InChI=1S/C16H15NO/c1-11-7-9-13(10-8-11)16-17-15-6-4-3-5-14(15)12(2)18-16/h3-10,12H,1-2H3. The van der Waals surface area contributed by atoms with Gasteiger partial charge in [-0.2, -0.15) is 0 Å². The van der Waals surface area contributed by atoms with Crippen molar-refractivity contribution in [1.82, 2.24) is 0 Å². The van der Waals surface area contributed by atoms with Gasteiger partial charge in [-0.1, -0.05) is 35.9 Å². The van der Waals surface area contributed by atoms with Gasteiger partial charge in [0, 0.05) is 11.1 Å². The van der Waals surface area contributed by atoms with Crippen molar-refractivity contribution >= 4 is 11.6 Å². The molecule has 0 aliphatic carbocycles. The largest absolute Gasteiger partial charge is 0.469 e. The first-order valence-corrected chi connectivity index (χ1v) is 6.15. The molecule has 90 valence electrons. The zero-order valence-electron chi connectivity index (χ0n) is 10.6. The van der Waals surface area contributed by atoms with Gasteiger partial charge in [0.2, 0.25) is 5.90 Å². The predicted octanol–water partition coefficient (Wildman–Crippen LogP) is 4.16. The van der Waals surface area contributed by atoms with Gasteiger partial charge < -0.3 is 4.74 Å². The van der Waals surface area contributed by atoms with Gasteiger partial charge in [0.25, 0.3) is 0 Å². The third-order valence-electron chi connectivity index (χ3n) is 3.18. The lowest BCUT2D eigenvalue weighted by atomic mass is 10.1. The predicted molar refractivity (Wildman–Crippen MR) is 73.3 cm³/mol. The van der Waals surface area contributed by atoms with Crippen LogP contribution in [0.2, 0.25) is 0 Å². The molecule has 0 spiro atoms. The summed E-state index contributed by atoms with van der Waals surface area (Å²) >= 11 is 0. The van der Waals surface area contributed by atoms with Crippen LogP contribution < -0.4 is 0 Å². The molecule has 1 unspecified atom stereocenters. The van der Waals surface area contributed by atoms with E-state index in [1.807, 2.05) is 18.2 Å². The molecule has 1 aliphatic heterocycles. The third-order valence-corrected chi connectivity index (χ3v) is 3.18. The number of rotatable bonds is 1. The highest BCUT2D eigenvalue weighted by Crippen LogP contribution is 2.33. The number of para-hydroxylation sites is 1. The van der Waals surface area contributed by atoms with Gasteiger partial charge >= 0.3 is 0 Å². The van der Waals surface area contributed by atoms with Crippen LogP contribution in [0.5, 0.6) is 0 Å². The Morgan fingerprint density at radius 3 is 2.50 bits per heavy atom. The highest BCUT2D eigenvalue weighted by atomic mass is 16.5. The van der Waals surface area contributed by atoms with Crippen LogP contribution in [0.15, 0.2) is 53.5 Å². The fourth-order valence-electron chi connectivity index (χ4n) is 2.13. The maximum Gasteiger partial charge on any atom is 0.221 e. The number of fused-ring (bicyclic) bond motifs is 1. The minimum absolute atomic E-state index is 0.0509. The van der Waals surface area contributed by atoms with Gasteiger partial charge in [-0.15, -0.1) is 0 Å². The Kier molecular flexibility index (Phi) is 2.63. The van der Waals surface area contributed by atoms with E-state index >= 15 is 0 Å². The molecule has 1 aliphatic rings. The molecule has 0 bridgehead atoms. The van der Waals surface area contributed by atoms with E-state index in [0.29, 0.717) is 5.90 Å². The summed E-state index contributed by atoms with van der Waals surface area (Å²) in [6, 6.07) is 16.4. The number of benzene rings is 2. The van der Waals surface area contributed by atoms with Crippen LogP contribution in [-0.2, 0) is 4.74 Å². The van der Waals surface area contributed by atoms with E-state index in [1.54, 1.807) is 0 Å². The second-order valence-corrected chi connectivity index (χ2v) is 4.60. The lowest BCUT2D eigenvalue weighted by Crippen LogP contribution is -2.14. The van der Waals surface area contributed by atoms with E-state index in [4.69, 9.17) is 4.74 Å². The second-order valence-electron chi connectivity index (χ2n) is 4.60. The van der Waals surface area contributed by atoms with Crippen molar-refractivity contribution in [2.24, 2.45) is 4.99 Å². The molecule has 0 radical (unpaired) electrons. The van der Waals surface area contributed by atoms with Gasteiger partial charge in [-0.25, -0.2) is 4.99 Å². The summed E-state index contributed by atoms with van der Waals surface area (Å²) in [5, 5.41) is 0. The molecule has 0 fully saturated rings. The molecule has 0 aromatic heterocycles. The summed E-state index contributed by atoms with van der Waals surface area (Å²) in [6.07, 6.45) is 0.0509. The fraction of sp³-hybridized carbons (Fsp3) is 0.188. The first-order chi connectivity index (χ1) is 8.74. The number of hydrogen-bond acceptors (Lipinski definition) is 2. The van der Waals surface area contributed by atoms with Crippen molar-refractivity contribution in [1.29, 1.82) is 0 Å². The Morgan fingerprint density at radius 1 is 1.00 bits per heavy atom. The van der Waals surface area contributed by atoms with Crippen LogP contribution in [0.3, 0.4) is 0 Å². The Hall–Kier alpha value is -2.09. The molecule has 3 rings (SSSR count).